The quantitative estimate of drug-likeness (QED) is 0.559. The Hall–Kier alpha value is 0.0500. The molecule has 0 radical (unpaired) electrons. The fourth-order valence-corrected chi connectivity index (χ4v) is 1.55. The van der Waals surface area contributed by atoms with E-state index in [2.05, 4.69) is 25.6 Å². The smallest absolute Gasteiger partial charge is 0.00418 e. The van der Waals surface area contributed by atoms with Gasteiger partial charge in [-0.25, -0.2) is 0 Å². The summed E-state index contributed by atoms with van der Waals surface area (Å²) < 4.78 is 0. The van der Waals surface area contributed by atoms with Crippen LogP contribution in [0.2, 0.25) is 0 Å². The summed E-state index contributed by atoms with van der Waals surface area (Å²) >= 11 is 4.29. The average molecular weight is 157 g/mol. The molecule has 58 valence electrons. The zero-order chi connectivity index (χ0) is 7.56. The van der Waals surface area contributed by atoms with Crippen LogP contribution in [0.1, 0.15) is 26.2 Å². The topological polar surface area (TPSA) is 26.0 Å². The van der Waals surface area contributed by atoms with E-state index in [1.807, 2.05) is 0 Å². The molecule has 1 nitrogen and oxygen atoms in total. The van der Waals surface area contributed by atoms with Gasteiger partial charge in [-0.2, -0.15) is 0 Å². The van der Waals surface area contributed by atoms with Crippen LogP contribution in [-0.2, 0) is 0 Å². The molecule has 0 fully saturated rings. The van der Waals surface area contributed by atoms with Crippen molar-refractivity contribution in [1.82, 2.24) is 0 Å². The molecule has 2 unspecified atom stereocenters. The summed E-state index contributed by atoms with van der Waals surface area (Å²) in [5, 5.41) is 0. The molecule has 0 aliphatic heterocycles. The van der Waals surface area contributed by atoms with Crippen LogP contribution in [0.15, 0.2) is 11.0 Å². The van der Waals surface area contributed by atoms with Crippen molar-refractivity contribution in [2.24, 2.45) is 11.7 Å². The van der Waals surface area contributed by atoms with Crippen LogP contribution in [0.25, 0.3) is 0 Å². The van der Waals surface area contributed by atoms with E-state index in [1.54, 1.807) is 0 Å². The number of rotatable bonds is 1. The number of hydrogen-bond acceptors (Lipinski definition) is 2. The Morgan fingerprint density at radius 2 is 2.50 bits per heavy atom. The molecule has 0 amide bonds. The van der Waals surface area contributed by atoms with Crippen LogP contribution in [-0.4, -0.2) is 6.04 Å². The lowest BCUT2D eigenvalue weighted by Crippen LogP contribution is -2.27. The van der Waals surface area contributed by atoms with Gasteiger partial charge >= 0.3 is 0 Å². The van der Waals surface area contributed by atoms with Gasteiger partial charge in [-0.15, -0.1) is 12.6 Å². The van der Waals surface area contributed by atoms with E-state index in [-0.39, 0.29) is 0 Å². The van der Waals surface area contributed by atoms with E-state index < -0.39 is 0 Å². The van der Waals surface area contributed by atoms with Crippen molar-refractivity contribution >= 4 is 12.6 Å². The first-order valence-corrected chi connectivity index (χ1v) is 4.28. The standard InChI is InChI=1S/C8H15NS/c1-6(9)7-2-4-8(10)5-3-7/h4,6-7,10H,2-3,5,9H2,1H3. The summed E-state index contributed by atoms with van der Waals surface area (Å²) in [4.78, 5) is 1.23. The summed E-state index contributed by atoms with van der Waals surface area (Å²) in [6.07, 6.45) is 5.65. The number of hydrogen-bond donors (Lipinski definition) is 2. The lowest BCUT2D eigenvalue weighted by atomic mass is 9.89. The number of thiol groups is 1. The van der Waals surface area contributed by atoms with Gasteiger partial charge in [-0.05, 0) is 37.0 Å². The third-order valence-corrected chi connectivity index (χ3v) is 2.58. The Kier molecular flexibility index (Phi) is 2.81. The minimum absolute atomic E-state index is 0.345. The van der Waals surface area contributed by atoms with Gasteiger partial charge in [0.05, 0.1) is 0 Å². The third-order valence-electron chi connectivity index (χ3n) is 2.17. The molecular formula is C8H15NS. The van der Waals surface area contributed by atoms with Gasteiger partial charge in [-0.1, -0.05) is 6.08 Å². The molecule has 2 atom stereocenters. The zero-order valence-corrected chi connectivity index (χ0v) is 7.27. The Balaban J connectivity index is 2.42. The van der Waals surface area contributed by atoms with Gasteiger partial charge < -0.3 is 5.73 Å². The molecule has 0 saturated heterocycles. The molecule has 0 aromatic heterocycles. The highest BCUT2D eigenvalue weighted by Gasteiger charge is 2.15. The molecule has 0 heterocycles. The molecule has 0 aromatic carbocycles. The maximum atomic E-state index is 5.76. The lowest BCUT2D eigenvalue weighted by Gasteiger charge is -2.22. The second-order valence-electron chi connectivity index (χ2n) is 3.09. The van der Waals surface area contributed by atoms with Crippen molar-refractivity contribution < 1.29 is 0 Å². The van der Waals surface area contributed by atoms with E-state index in [9.17, 15) is 0 Å². The molecule has 0 bridgehead atoms. The monoisotopic (exact) mass is 157 g/mol. The number of allylic oxidation sites excluding steroid dienone is 2. The molecule has 1 rings (SSSR count). The summed E-state index contributed by atoms with van der Waals surface area (Å²) in [5.74, 6) is 0.691. The molecule has 0 aromatic rings. The van der Waals surface area contributed by atoms with Gasteiger partial charge in [0.1, 0.15) is 0 Å². The second kappa shape index (κ2) is 3.44. The fourth-order valence-electron chi connectivity index (χ4n) is 1.32. The first-order chi connectivity index (χ1) is 4.70. The molecular weight excluding hydrogens is 142 g/mol. The largest absolute Gasteiger partial charge is 0.328 e. The second-order valence-corrected chi connectivity index (χ2v) is 3.66. The normalized spacial score (nSPS) is 29.5. The summed E-state index contributed by atoms with van der Waals surface area (Å²) in [7, 11) is 0. The van der Waals surface area contributed by atoms with Crippen molar-refractivity contribution in [3.63, 3.8) is 0 Å². The fraction of sp³-hybridized carbons (Fsp3) is 0.750. The minimum Gasteiger partial charge on any atom is -0.328 e. The molecule has 2 heteroatoms. The highest BCUT2D eigenvalue weighted by molar-refractivity contribution is 7.84. The van der Waals surface area contributed by atoms with Crippen LogP contribution in [0.4, 0.5) is 0 Å². The van der Waals surface area contributed by atoms with Gasteiger partial charge in [0.25, 0.3) is 0 Å². The Bertz CT molecular complexity index is 140. The van der Waals surface area contributed by atoms with Crippen LogP contribution < -0.4 is 5.73 Å². The van der Waals surface area contributed by atoms with Gasteiger partial charge in [0.2, 0.25) is 0 Å². The zero-order valence-electron chi connectivity index (χ0n) is 6.38. The molecule has 10 heavy (non-hydrogen) atoms. The molecule has 2 N–H and O–H groups in total. The maximum absolute atomic E-state index is 5.76. The van der Waals surface area contributed by atoms with E-state index in [0.29, 0.717) is 12.0 Å². The summed E-state index contributed by atoms with van der Waals surface area (Å²) in [6, 6.07) is 0.345. The third kappa shape index (κ3) is 2.03. The minimum atomic E-state index is 0.345. The molecule has 0 spiro atoms. The highest BCUT2D eigenvalue weighted by atomic mass is 32.1. The van der Waals surface area contributed by atoms with E-state index in [0.717, 1.165) is 12.8 Å². The van der Waals surface area contributed by atoms with Crippen molar-refractivity contribution in [3.8, 4) is 0 Å². The molecule has 1 aliphatic rings. The predicted octanol–water partition coefficient (Wildman–Crippen LogP) is 1.95. The van der Waals surface area contributed by atoms with Gasteiger partial charge in [0.15, 0.2) is 0 Å². The van der Waals surface area contributed by atoms with E-state index in [1.165, 1.54) is 11.3 Å². The van der Waals surface area contributed by atoms with Crippen molar-refractivity contribution in [1.29, 1.82) is 0 Å². The van der Waals surface area contributed by atoms with E-state index >= 15 is 0 Å². The van der Waals surface area contributed by atoms with Crippen LogP contribution in [0.3, 0.4) is 0 Å². The van der Waals surface area contributed by atoms with Crippen LogP contribution in [0.5, 0.6) is 0 Å². The lowest BCUT2D eigenvalue weighted by molar-refractivity contribution is 0.407. The molecule has 0 saturated carbocycles. The Morgan fingerprint density at radius 3 is 2.90 bits per heavy atom. The van der Waals surface area contributed by atoms with Crippen molar-refractivity contribution in [2.45, 2.75) is 32.2 Å². The van der Waals surface area contributed by atoms with Gasteiger partial charge in [0, 0.05) is 6.04 Å². The first-order valence-electron chi connectivity index (χ1n) is 3.83. The van der Waals surface area contributed by atoms with Crippen molar-refractivity contribution in [3.05, 3.63) is 11.0 Å². The van der Waals surface area contributed by atoms with Gasteiger partial charge in [-0.3, -0.25) is 0 Å². The average Bonchev–Trinajstić information content (AvgIpc) is 1.88. The highest BCUT2D eigenvalue weighted by Crippen LogP contribution is 2.26. The maximum Gasteiger partial charge on any atom is 0.00418 e. The Morgan fingerprint density at radius 1 is 1.80 bits per heavy atom. The van der Waals surface area contributed by atoms with Crippen LogP contribution >= 0.6 is 12.6 Å². The Labute approximate surface area is 68.1 Å². The first kappa shape index (κ1) is 8.15. The predicted molar refractivity (Wildman–Crippen MR) is 48.1 cm³/mol. The van der Waals surface area contributed by atoms with Crippen molar-refractivity contribution in [2.75, 3.05) is 0 Å². The van der Waals surface area contributed by atoms with E-state index in [4.69, 9.17) is 5.73 Å². The van der Waals surface area contributed by atoms with Crippen LogP contribution in [0, 0.1) is 5.92 Å². The number of nitrogens with two attached hydrogens (primary N) is 1. The summed E-state index contributed by atoms with van der Waals surface area (Å²) in [6.45, 7) is 2.09. The molecule has 1 aliphatic carbocycles. The summed E-state index contributed by atoms with van der Waals surface area (Å²) in [5.41, 5.74) is 5.76. The SMILES string of the molecule is CC(N)C1CC=C(S)CC1.